The minimum absolute atomic E-state index is 0. The third kappa shape index (κ3) is 8.32. The number of rotatable bonds is 4. The van der Waals surface area contributed by atoms with Crippen LogP contribution in [-0.4, -0.2) is 8.80 Å². The van der Waals surface area contributed by atoms with Crippen LogP contribution in [-0.2, 0) is 32.5 Å². The summed E-state index contributed by atoms with van der Waals surface area (Å²) in [6.07, 6.45) is 4.00. The fraction of sp³-hybridized carbons (Fsp3) is 0.389. The van der Waals surface area contributed by atoms with E-state index < -0.39 is 8.80 Å². The van der Waals surface area contributed by atoms with Crippen LogP contribution in [0, 0.1) is 13.0 Å². The molecule has 1 radical (unpaired) electrons. The van der Waals surface area contributed by atoms with E-state index in [2.05, 4.69) is 149 Å². The largest absolute Gasteiger partial charge is 4.00 e. The van der Waals surface area contributed by atoms with Crippen LogP contribution in [0.3, 0.4) is 0 Å². The van der Waals surface area contributed by atoms with E-state index in [4.69, 9.17) is 0 Å². The van der Waals surface area contributed by atoms with Crippen molar-refractivity contribution in [1.82, 2.24) is 0 Å². The van der Waals surface area contributed by atoms with Gasteiger partial charge in [-0.15, -0.1) is 6.92 Å². The Labute approximate surface area is 285 Å². The van der Waals surface area contributed by atoms with Crippen LogP contribution in [0.1, 0.15) is 85.9 Å². The van der Waals surface area contributed by atoms with E-state index in [-0.39, 0.29) is 74.8 Å². The van der Waals surface area contributed by atoms with E-state index in [1.807, 2.05) is 0 Å². The fourth-order valence-electron chi connectivity index (χ4n) is 5.53. The van der Waals surface area contributed by atoms with E-state index in [1.54, 1.807) is 0 Å². The number of hydrogen-bond acceptors (Lipinski definition) is 0. The molecule has 0 aromatic heterocycles. The fourth-order valence-corrected chi connectivity index (χ4v) is 9.06. The van der Waals surface area contributed by atoms with Gasteiger partial charge in [0.2, 0.25) is 0 Å². The van der Waals surface area contributed by atoms with Crippen molar-refractivity contribution in [2.45, 2.75) is 92.0 Å². The first-order valence-electron chi connectivity index (χ1n) is 13.6. The van der Waals surface area contributed by atoms with Gasteiger partial charge in [-0.2, -0.15) is 11.1 Å². The van der Waals surface area contributed by atoms with Crippen LogP contribution in [0.2, 0.25) is 5.04 Å². The van der Waals surface area contributed by atoms with Crippen LogP contribution >= 0.6 is 0 Å². The summed E-state index contributed by atoms with van der Waals surface area (Å²) in [4.78, 5) is 0. The second-order valence-corrected chi connectivity index (χ2v) is 16.2. The van der Waals surface area contributed by atoms with Crippen molar-refractivity contribution in [1.29, 1.82) is 0 Å². The van der Waals surface area contributed by atoms with Gasteiger partial charge < -0.3 is 37.2 Å². The number of benzene rings is 3. The zero-order valence-corrected chi connectivity index (χ0v) is 31.3. The summed E-state index contributed by atoms with van der Waals surface area (Å²) in [7, 11) is -1.28. The van der Waals surface area contributed by atoms with E-state index in [0.29, 0.717) is 0 Å². The Balaban J connectivity index is 0.00000400. The van der Waals surface area contributed by atoms with Crippen molar-refractivity contribution < 1.29 is 58.9 Å². The van der Waals surface area contributed by atoms with Crippen LogP contribution in [0.5, 0.6) is 0 Å². The summed E-state index contributed by atoms with van der Waals surface area (Å²) in [6, 6.07) is 25.7. The molecule has 217 valence electrons. The van der Waals surface area contributed by atoms with E-state index in [9.17, 15) is 0 Å². The molecule has 0 nitrogen and oxygen atoms in total. The molecule has 0 saturated heterocycles. The Bertz CT molecular complexity index is 1380. The van der Waals surface area contributed by atoms with Gasteiger partial charge >= 0.3 is 21.7 Å². The molecular formula is C36H44Cl3SiTi. The second-order valence-electron chi connectivity index (χ2n) is 13.2. The molecule has 0 amide bonds. The van der Waals surface area contributed by atoms with Crippen molar-refractivity contribution in [3.05, 3.63) is 106 Å². The average Bonchev–Trinajstić information content (AvgIpc) is 3.01. The molecular weight excluding hydrogens is 615 g/mol. The summed E-state index contributed by atoms with van der Waals surface area (Å²) in [5.74, 6) is 0. The first-order valence-corrected chi connectivity index (χ1v) is 15.1. The van der Waals surface area contributed by atoms with Gasteiger partial charge in [-0.1, -0.05) is 150 Å². The summed E-state index contributed by atoms with van der Waals surface area (Å²) in [6.45, 7) is 25.5. The monoisotopic (exact) mass is 657 g/mol. The molecule has 1 aliphatic carbocycles. The van der Waals surface area contributed by atoms with Gasteiger partial charge in [-0.05, 0) is 40.0 Å². The number of allylic oxidation sites excluding steroid dienone is 4. The third-order valence-corrected chi connectivity index (χ3v) is 11.5. The van der Waals surface area contributed by atoms with Gasteiger partial charge in [0.15, 0.2) is 0 Å². The molecule has 0 heterocycles. The van der Waals surface area contributed by atoms with Crippen molar-refractivity contribution in [2.75, 3.05) is 0 Å². The molecule has 1 atom stereocenters. The summed E-state index contributed by atoms with van der Waals surface area (Å²) in [5, 5.41) is 2.82. The molecule has 3 aromatic rings. The van der Waals surface area contributed by atoms with Gasteiger partial charge in [-0.3, -0.25) is 6.08 Å². The predicted molar refractivity (Wildman–Crippen MR) is 165 cm³/mol. The maximum atomic E-state index is 4.00. The molecule has 0 bridgehead atoms. The molecule has 0 fully saturated rings. The molecule has 1 unspecified atom stereocenters. The minimum Gasteiger partial charge on any atom is -1.00 e. The molecule has 0 aliphatic heterocycles. The summed E-state index contributed by atoms with van der Waals surface area (Å²) in [5.41, 5.74) is 11.1. The quantitative estimate of drug-likeness (QED) is 0.268. The molecule has 0 saturated carbocycles. The Morgan fingerprint density at radius 3 is 1.56 bits per heavy atom. The van der Waals surface area contributed by atoms with Crippen molar-refractivity contribution in [2.24, 2.45) is 0 Å². The van der Waals surface area contributed by atoms with Crippen molar-refractivity contribution in [3.63, 3.8) is 0 Å². The van der Waals surface area contributed by atoms with Gasteiger partial charge in [0, 0.05) is 0 Å². The Morgan fingerprint density at radius 2 is 1.12 bits per heavy atom. The molecule has 0 N–H and O–H groups in total. The molecule has 5 heteroatoms. The van der Waals surface area contributed by atoms with E-state index >= 15 is 0 Å². The van der Waals surface area contributed by atoms with Crippen LogP contribution in [0.4, 0.5) is 0 Å². The molecule has 41 heavy (non-hydrogen) atoms. The topological polar surface area (TPSA) is 0 Å². The van der Waals surface area contributed by atoms with Crippen LogP contribution in [0.25, 0.3) is 11.1 Å². The summed E-state index contributed by atoms with van der Waals surface area (Å²) < 4.78 is 0. The smallest absolute Gasteiger partial charge is 1.00 e. The predicted octanol–water partition coefficient (Wildman–Crippen LogP) is -0.265. The first kappa shape index (κ1) is 39.9. The van der Waals surface area contributed by atoms with Crippen LogP contribution < -0.4 is 47.6 Å². The Morgan fingerprint density at radius 1 is 0.634 bits per heavy atom. The summed E-state index contributed by atoms with van der Waals surface area (Å²) >= 11 is 0. The number of hydrogen-bond donors (Lipinski definition) is 0. The first-order chi connectivity index (χ1) is 17.1. The maximum Gasteiger partial charge on any atom is 4.00 e. The molecule has 3 aromatic carbocycles. The van der Waals surface area contributed by atoms with E-state index in [0.717, 1.165) is 0 Å². The molecule has 0 spiro atoms. The van der Waals surface area contributed by atoms with Gasteiger partial charge in [0.05, 0.1) is 0 Å². The second kappa shape index (κ2) is 14.6. The Kier molecular flexibility index (Phi) is 14.2. The zero-order chi connectivity index (χ0) is 27.3. The van der Waals surface area contributed by atoms with Crippen molar-refractivity contribution >= 4 is 19.2 Å². The van der Waals surface area contributed by atoms with Gasteiger partial charge in [-0.25, -0.2) is 5.57 Å². The zero-order valence-electron chi connectivity index (χ0n) is 26.5. The van der Waals surface area contributed by atoms with Crippen molar-refractivity contribution in [3.8, 4) is 11.1 Å². The molecule has 1 aliphatic rings. The number of halogens is 3. The minimum atomic E-state index is -1.28. The number of aryl methyl sites for hydroxylation is 1. The SMILES string of the molecule is CC1=[C-]C(C)([Si](c2cccc(-c3cccc(C)c3)c2)c2cc(C(C)(C)C)cc(C(C)(C)C)c2)C(C)=C1C.[Cl-].[Cl-].[Cl-].[Ti+4]. The maximum absolute atomic E-state index is 4.00. The van der Waals surface area contributed by atoms with Gasteiger partial charge in [0.1, 0.15) is 8.80 Å². The standard InChI is InChI=1S/C36H44Si.3ClH.Ti/c1-24-14-12-15-28(18-24)29-16-13-17-32(19-29)37(36(11)23-25(2)26(3)27(36)4)33-21-30(34(5,6)7)20-31(22-33)35(8,9)10;;;;/h12-22H,1-11H3;3*1H;/q-1;;;;+4/p-3. The van der Waals surface area contributed by atoms with Gasteiger partial charge in [0.25, 0.3) is 0 Å². The third-order valence-electron chi connectivity index (χ3n) is 8.27. The Hall–Kier alpha value is -1.06. The normalized spacial score (nSPS) is 16.7. The van der Waals surface area contributed by atoms with Crippen LogP contribution in [0.15, 0.2) is 83.4 Å². The molecule has 4 rings (SSSR count). The van der Waals surface area contributed by atoms with E-state index in [1.165, 1.54) is 54.9 Å². The average molecular weight is 659 g/mol.